The van der Waals surface area contributed by atoms with Crippen LogP contribution in [0.25, 0.3) is 0 Å². The number of carbonyl (C=O) groups excluding carboxylic acids is 2. The minimum absolute atomic E-state index is 0.101. The van der Waals surface area contributed by atoms with Crippen LogP contribution >= 0.6 is 0 Å². The zero-order valence-corrected chi connectivity index (χ0v) is 16.7. The van der Waals surface area contributed by atoms with Crippen molar-refractivity contribution in [3.05, 3.63) is 29.8 Å². The van der Waals surface area contributed by atoms with Gasteiger partial charge in [-0.1, -0.05) is 0 Å². The molecule has 2 fully saturated rings. The van der Waals surface area contributed by atoms with E-state index in [0.717, 1.165) is 69.9 Å². The lowest BCUT2D eigenvalue weighted by atomic mass is 10.1. The Hall–Kier alpha value is -2.08. The molecule has 0 aromatic heterocycles. The summed E-state index contributed by atoms with van der Waals surface area (Å²) in [6.07, 6.45) is 4.13. The van der Waals surface area contributed by atoms with E-state index in [9.17, 15) is 9.59 Å². The van der Waals surface area contributed by atoms with E-state index >= 15 is 0 Å². The monoisotopic (exact) mass is 372 g/mol. The lowest BCUT2D eigenvalue weighted by molar-refractivity contribution is -0.132. The van der Waals surface area contributed by atoms with Crippen LogP contribution in [0, 0.1) is 0 Å². The number of benzene rings is 1. The smallest absolute Gasteiger partial charge is 0.253 e. The Balaban J connectivity index is 1.42. The van der Waals surface area contributed by atoms with Gasteiger partial charge in [-0.15, -0.1) is 0 Å². The van der Waals surface area contributed by atoms with E-state index in [-0.39, 0.29) is 11.8 Å². The van der Waals surface area contributed by atoms with Crippen LogP contribution in [0.2, 0.25) is 0 Å². The molecular weight excluding hydrogens is 340 g/mol. The fraction of sp³-hybridized carbons (Fsp3) is 0.619. The van der Waals surface area contributed by atoms with Crippen molar-refractivity contribution >= 4 is 17.5 Å². The summed E-state index contributed by atoms with van der Waals surface area (Å²) < 4.78 is 0. The molecule has 2 aliphatic heterocycles. The first-order valence-corrected chi connectivity index (χ1v) is 10.1. The van der Waals surface area contributed by atoms with Crippen molar-refractivity contribution in [2.75, 3.05) is 64.8 Å². The third-order valence-electron chi connectivity index (χ3n) is 5.64. The first-order valence-electron chi connectivity index (χ1n) is 10.1. The van der Waals surface area contributed by atoms with Crippen LogP contribution in [0.4, 0.5) is 5.69 Å². The molecule has 0 unspecified atom stereocenters. The lowest BCUT2D eigenvalue weighted by Gasteiger charge is -2.35. The Morgan fingerprint density at radius 2 is 1.48 bits per heavy atom. The van der Waals surface area contributed by atoms with E-state index in [1.165, 1.54) is 6.42 Å². The predicted octanol–water partition coefficient (Wildman–Crippen LogP) is 1.91. The molecule has 1 aromatic carbocycles. The summed E-state index contributed by atoms with van der Waals surface area (Å²) in [7, 11) is 3.98. The summed E-state index contributed by atoms with van der Waals surface area (Å²) in [5, 5.41) is 0. The molecule has 2 aliphatic rings. The molecule has 2 saturated heterocycles. The van der Waals surface area contributed by atoms with Gasteiger partial charge in [-0.3, -0.25) is 14.5 Å². The molecule has 0 spiro atoms. The van der Waals surface area contributed by atoms with Gasteiger partial charge < -0.3 is 14.7 Å². The van der Waals surface area contributed by atoms with Crippen molar-refractivity contribution in [3.63, 3.8) is 0 Å². The summed E-state index contributed by atoms with van der Waals surface area (Å²) in [4.78, 5) is 33.3. The van der Waals surface area contributed by atoms with Crippen molar-refractivity contribution in [1.82, 2.24) is 14.7 Å². The van der Waals surface area contributed by atoms with Gasteiger partial charge in [-0.2, -0.15) is 0 Å². The highest BCUT2D eigenvalue weighted by Crippen LogP contribution is 2.15. The van der Waals surface area contributed by atoms with Crippen molar-refractivity contribution in [2.45, 2.75) is 25.7 Å². The number of hydrogen-bond donors (Lipinski definition) is 0. The van der Waals surface area contributed by atoms with Crippen molar-refractivity contribution in [2.24, 2.45) is 0 Å². The average Bonchev–Trinajstić information content (AvgIpc) is 2.72. The molecule has 2 heterocycles. The van der Waals surface area contributed by atoms with Gasteiger partial charge in [0.15, 0.2) is 0 Å². The molecule has 0 saturated carbocycles. The molecule has 148 valence electrons. The summed E-state index contributed by atoms with van der Waals surface area (Å²) in [5.74, 6) is 0.388. The number of nitrogens with zero attached hydrogens (tertiary/aromatic N) is 4. The zero-order chi connectivity index (χ0) is 19.2. The fourth-order valence-corrected chi connectivity index (χ4v) is 3.81. The topological polar surface area (TPSA) is 47.1 Å². The lowest BCUT2D eigenvalue weighted by Crippen LogP contribution is -2.49. The van der Waals surface area contributed by atoms with E-state index in [1.807, 2.05) is 53.1 Å². The van der Waals surface area contributed by atoms with Gasteiger partial charge in [0.25, 0.3) is 5.91 Å². The quantitative estimate of drug-likeness (QED) is 0.792. The molecule has 1 aromatic rings. The molecule has 0 bridgehead atoms. The maximum Gasteiger partial charge on any atom is 0.253 e. The number of carbonyl (C=O) groups is 2. The van der Waals surface area contributed by atoms with E-state index in [2.05, 4.69) is 4.90 Å². The first-order chi connectivity index (χ1) is 13.0. The fourth-order valence-electron chi connectivity index (χ4n) is 3.81. The van der Waals surface area contributed by atoms with Crippen LogP contribution in [0.3, 0.4) is 0 Å². The SMILES string of the molecule is CN(C)c1ccc(C(=O)N2CCN(CCC(=O)N3CCCCC3)CC2)cc1. The van der Waals surface area contributed by atoms with Gasteiger partial charge >= 0.3 is 0 Å². The largest absolute Gasteiger partial charge is 0.378 e. The van der Waals surface area contributed by atoms with E-state index in [1.54, 1.807) is 0 Å². The Kier molecular flexibility index (Phi) is 6.72. The number of piperidine rings is 1. The average molecular weight is 373 g/mol. The second-order valence-electron chi connectivity index (χ2n) is 7.77. The molecule has 3 rings (SSSR count). The maximum absolute atomic E-state index is 12.7. The number of rotatable bonds is 5. The first kappa shape index (κ1) is 19.7. The summed E-state index contributed by atoms with van der Waals surface area (Å²) in [6, 6.07) is 7.77. The number of likely N-dealkylation sites (tertiary alicyclic amines) is 1. The van der Waals surface area contributed by atoms with Crippen LogP contribution in [-0.2, 0) is 4.79 Å². The minimum Gasteiger partial charge on any atom is -0.378 e. The molecular formula is C21H32N4O2. The Bertz CT molecular complexity index is 630. The molecule has 6 heteroatoms. The Morgan fingerprint density at radius 1 is 0.852 bits per heavy atom. The predicted molar refractivity (Wildman–Crippen MR) is 108 cm³/mol. The summed E-state index contributed by atoms with van der Waals surface area (Å²) in [5.41, 5.74) is 1.84. The number of amides is 2. The normalized spacial score (nSPS) is 18.4. The molecule has 0 atom stereocenters. The number of anilines is 1. The Labute approximate surface area is 162 Å². The van der Waals surface area contributed by atoms with Gasteiger partial charge in [0.2, 0.25) is 5.91 Å². The van der Waals surface area contributed by atoms with Crippen molar-refractivity contribution in [1.29, 1.82) is 0 Å². The van der Waals surface area contributed by atoms with Gasteiger partial charge in [0.1, 0.15) is 0 Å². The third-order valence-corrected chi connectivity index (χ3v) is 5.64. The van der Waals surface area contributed by atoms with Crippen molar-refractivity contribution in [3.8, 4) is 0 Å². The molecule has 0 radical (unpaired) electrons. The van der Waals surface area contributed by atoms with Gasteiger partial charge in [0, 0.05) is 77.6 Å². The summed E-state index contributed by atoms with van der Waals surface area (Å²) >= 11 is 0. The highest BCUT2D eigenvalue weighted by molar-refractivity contribution is 5.94. The van der Waals surface area contributed by atoms with E-state index in [4.69, 9.17) is 0 Å². The van der Waals surface area contributed by atoms with Crippen LogP contribution in [0.1, 0.15) is 36.0 Å². The molecule has 0 N–H and O–H groups in total. The van der Waals surface area contributed by atoms with Crippen LogP contribution in [-0.4, -0.2) is 86.4 Å². The van der Waals surface area contributed by atoms with E-state index < -0.39 is 0 Å². The van der Waals surface area contributed by atoms with E-state index in [0.29, 0.717) is 6.42 Å². The number of piperazine rings is 1. The maximum atomic E-state index is 12.7. The second kappa shape index (κ2) is 9.22. The highest BCUT2D eigenvalue weighted by atomic mass is 16.2. The molecule has 27 heavy (non-hydrogen) atoms. The van der Waals surface area contributed by atoms with Gasteiger partial charge in [-0.25, -0.2) is 0 Å². The van der Waals surface area contributed by atoms with Gasteiger partial charge in [0.05, 0.1) is 0 Å². The van der Waals surface area contributed by atoms with Gasteiger partial charge in [-0.05, 0) is 43.5 Å². The standard InChI is InChI=1S/C21H32N4O2/c1-22(2)19-8-6-18(7-9-19)21(27)25-16-14-23(15-17-25)13-10-20(26)24-11-4-3-5-12-24/h6-9H,3-5,10-17H2,1-2H3. The second-order valence-corrected chi connectivity index (χ2v) is 7.77. The van der Waals surface area contributed by atoms with Crippen molar-refractivity contribution < 1.29 is 9.59 Å². The third kappa shape index (κ3) is 5.22. The van der Waals surface area contributed by atoms with Crippen LogP contribution < -0.4 is 4.90 Å². The molecule has 6 nitrogen and oxygen atoms in total. The van der Waals surface area contributed by atoms with Crippen LogP contribution in [0.15, 0.2) is 24.3 Å². The summed E-state index contributed by atoms with van der Waals surface area (Å²) in [6.45, 7) is 5.79. The number of hydrogen-bond acceptors (Lipinski definition) is 4. The molecule has 0 aliphatic carbocycles. The zero-order valence-electron chi connectivity index (χ0n) is 16.7. The minimum atomic E-state index is 0.101. The molecule has 2 amide bonds. The van der Waals surface area contributed by atoms with Crippen LogP contribution in [0.5, 0.6) is 0 Å². The highest BCUT2D eigenvalue weighted by Gasteiger charge is 2.23. The Morgan fingerprint density at radius 3 is 2.07 bits per heavy atom.